The lowest BCUT2D eigenvalue weighted by molar-refractivity contribution is -0.213. The number of benzene rings is 1. The van der Waals surface area contributed by atoms with Gasteiger partial charge in [-0.2, -0.15) is 0 Å². The zero-order chi connectivity index (χ0) is 21.4. The van der Waals surface area contributed by atoms with E-state index >= 15 is 0 Å². The molecule has 4 heterocycles. The van der Waals surface area contributed by atoms with Gasteiger partial charge in [0.2, 0.25) is 5.91 Å². The Kier molecular flexibility index (Phi) is 5.48. The number of aromatic nitrogens is 1. The van der Waals surface area contributed by atoms with Crippen LogP contribution in [-0.2, 0) is 25.5 Å². The maximum atomic E-state index is 12.8. The Morgan fingerprint density at radius 3 is 2.71 bits per heavy atom. The van der Waals surface area contributed by atoms with E-state index in [-0.39, 0.29) is 29.5 Å². The normalized spacial score (nSPS) is 24.0. The van der Waals surface area contributed by atoms with Gasteiger partial charge in [-0.05, 0) is 43.7 Å². The van der Waals surface area contributed by atoms with E-state index < -0.39 is 0 Å². The summed E-state index contributed by atoms with van der Waals surface area (Å²) in [4.78, 5) is 33.0. The second-order valence-electron chi connectivity index (χ2n) is 9.01. The molecular weight excluding hydrogens is 394 g/mol. The molecule has 1 unspecified atom stereocenters. The van der Waals surface area contributed by atoms with Gasteiger partial charge in [0.15, 0.2) is 6.10 Å². The summed E-state index contributed by atoms with van der Waals surface area (Å²) < 4.78 is 11.1. The molecule has 1 N–H and O–H groups in total. The number of piperidine rings is 1. The van der Waals surface area contributed by atoms with Crippen molar-refractivity contribution in [1.29, 1.82) is 0 Å². The van der Waals surface area contributed by atoms with Crippen molar-refractivity contribution in [2.24, 2.45) is 0 Å². The molecule has 3 aliphatic rings. The first-order valence-electron chi connectivity index (χ1n) is 11.4. The number of rotatable bonds is 5. The number of amides is 2. The van der Waals surface area contributed by atoms with Crippen LogP contribution in [0.5, 0.6) is 0 Å². The van der Waals surface area contributed by atoms with Gasteiger partial charge < -0.3 is 24.3 Å². The predicted octanol–water partition coefficient (Wildman–Crippen LogP) is 2.50. The van der Waals surface area contributed by atoms with Gasteiger partial charge in [-0.25, -0.2) is 0 Å². The molecule has 0 saturated carbocycles. The molecule has 7 heteroatoms. The third-order valence-electron chi connectivity index (χ3n) is 7.49. The van der Waals surface area contributed by atoms with Crippen molar-refractivity contribution < 1.29 is 19.1 Å². The van der Waals surface area contributed by atoms with Crippen molar-refractivity contribution in [2.45, 2.75) is 56.2 Å². The van der Waals surface area contributed by atoms with Crippen molar-refractivity contribution >= 4 is 22.7 Å². The second-order valence-corrected chi connectivity index (χ2v) is 9.01. The summed E-state index contributed by atoms with van der Waals surface area (Å²) in [6.45, 7) is 2.78. The average Bonchev–Trinajstić information content (AvgIpc) is 3.22. The monoisotopic (exact) mass is 425 g/mol. The number of hydrogen-bond acceptors (Lipinski definition) is 4. The fraction of sp³-hybridized carbons (Fsp3) is 0.583. The second kappa shape index (κ2) is 8.28. The number of methoxy groups -OCH3 is 1. The van der Waals surface area contributed by atoms with E-state index in [1.165, 1.54) is 10.9 Å². The Morgan fingerprint density at radius 1 is 1.23 bits per heavy atom. The number of aryl methyl sites for hydroxylation is 1. The van der Waals surface area contributed by atoms with Crippen LogP contribution in [0.25, 0.3) is 10.9 Å². The summed E-state index contributed by atoms with van der Waals surface area (Å²) in [5.41, 5.74) is 2.09. The molecule has 7 nitrogen and oxygen atoms in total. The molecule has 3 fully saturated rings. The zero-order valence-electron chi connectivity index (χ0n) is 18.1. The molecule has 166 valence electrons. The Morgan fingerprint density at radius 2 is 1.97 bits per heavy atom. The number of para-hydroxylation sites is 1. The predicted molar refractivity (Wildman–Crippen MR) is 117 cm³/mol. The summed E-state index contributed by atoms with van der Waals surface area (Å²) in [6, 6.07) is 8.39. The molecule has 31 heavy (non-hydrogen) atoms. The quantitative estimate of drug-likeness (QED) is 0.747. The number of likely N-dealkylation sites (tertiary alicyclic amines) is 2. The fourth-order valence-corrected chi connectivity index (χ4v) is 5.84. The van der Waals surface area contributed by atoms with Crippen LogP contribution in [0.4, 0.5) is 0 Å². The third kappa shape index (κ3) is 3.44. The van der Waals surface area contributed by atoms with Crippen LogP contribution >= 0.6 is 0 Å². The molecule has 0 bridgehead atoms. The van der Waals surface area contributed by atoms with E-state index in [1.807, 2.05) is 23.2 Å². The van der Waals surface area contributed by atoms with Crippen molar-refractivity contribution in [1.82, 2.24) is 14.8 Å². The number of hydrogen-bond donors (Lipinski definition) is 1. The van der Waals surface area contributed by atoms with Gasteiger partial charge in [0.25, 0.3) is 5.91 Å². The van der Waals surface area contributed by atoms with Gasteiger partial charge in [-0.3, -0.25) is 9.59 Å². The van der Waals surface area contributed by atoms with Gasteiger partial charge in [0.1, 0.15) is 0 Å². The van der Waals surface area contributed by atoms with E-state index in [1.54, 1.807) is 7.11 Å². The Bertz CT molecular complexity index is 957. The highest BCUT2D eigenvalue weighted by Gasteiger charge is 2.62. The van der Waals surface area contributed by atoms with Crippen molar-refractivity contribution in [3.05, 3.63) is 36.0 Å². The number of carbonyl (C=O) groups is 2. The first kappa shape index (κ1) is 20.5. The van der Waals surface area contributed by atoms with E-state index in [4.69, 9.17) is 9.47 Å². The minimum atomic E-state index is -0.341. The largest absolute Gasteiger partial charge is 0.381 e. The molecule has 1 spiro atoms. The van der Waals surface area contributed by atoms with E-state index in [0.717, 1.165) is 37.6 Å². The Labute approximate surface area is 182 Å². The Hall–Kier alpha value is -2.38. The SMILES string of the molecule is COC1C(=O)N(C2CCN(C(=O)CCc3c[nH]c4ccccc34)CC2)C12CCOCC2. The van der Waals surface area contributed by atoms with Crippen LogP contribution in [0.15, 0.2) is 30.5 Å². The average molecular weight is 426 g/mol. The molecule has 3 saturated heterocycles. The highest BCUT2D eigenvalue weighted by Crippen LogP contribution is 2.45. The number of fused-ring (bicyclic) bond motifs is 1. The van der Waals surface area contributed by atoms with Crippen LogP contribution in [0, 0.1) is 0 Å². The summed E-state index contributed by atoms with van der Waals surface area (Å²) >= 11 is 0. The van der Waals surface area contributed by atoms with Gasteiger partial charge in [-0.15, -0.1) is 0 Å². The number of nitrogens with one attached hydrogen (secondary N) is 1. The van der Waals surface area contributed by atoms with Crippen LogP contribution in [0.2, 0.25) is 0 Å². The summed E-state index contributed by atoms with van der Waals surface area (Å²) in [5, 5.41) is 1.19. The topological polar surface area (TPSA) is 74.9 Å². The van der Waals surface area contributed by atoms with Crippen molar-refractivity contribution in [3.63, 3.8) is 0 Å². The summed E-state index contributed by atoms with van der Waals surface area (Å²) in [7, 11) is 1.63. The fourth-order valence-electron chi connectivity index (χ4n) is 5.84. The lowest BCUT2D eigenvalue weighted by Gasteiger charge is -2.61. The first-order chi connectivity index (χ1) is 15.1. The van der Waals surface area contributed by atoms with E-state index in [0.29, 0.717) is 32.7 Å². The number of nitrogens with zero attached hydrogens (tertiary/aromatic N) is 2. The zero-order valence-corrected chi connectivity index (χ0v) is 18.1. The molecule has 2 amide bonds. The van der Waals surface area contributed by atoms with Crippen LogP contribution in [-0.4, -0.2) is 77.7 Å². The molecule has 0 radical (unpaired) electrons. The molecule has 1 aromatic heterocycles. The summed E-state index contributed by atoms with van der Waals surface area (Å²) in [6.07, 6.45) is 6.27. The van der Waals surface area contributed by atoms with Gasteiger partial charge in [0.05, 0.1) is 5.54 Å². The number of ether oxygens (including phenoxy) is 2. The first-order valence-corrected chi connectivity index (χ1v) is 11.4. The van der Waals surface area contributed by atoms with Crippen molar-refractivity contribution in [3.8, 4) is 0 Å². The van der Waals surface area contributed by atoms with Crippen LogP contribution < -0.4 is 0 Å². The molecule has 3 aliphatic heterocycles. The maximum absolute atomic E-state index is 12.8. The Balaban J connectivity index is 1.17. The molecule has 5 rings (SSSR count). The van der Waals surface area contributed by atoms with E-state index in [2.05, 4.69) is 22.0 Å². The molecule has 0 aliphatic carbocycles. The van der Waals surface area contributed by atoms with Crippen LogP contribution in [0.3, 0.4) is 0 Å². The smallest absolute Gasteiger partial charge is 0.254 e. The maximum Gasteiger partial charge on any atom is 0.254 e. The lowest BCUT2D eigenvalue weighted by Crippen LogP contribution is -2.79. The van der Waals surface area contributed by atoms with E-state index in [9.17, 15) is 9.59 Å². The van der Waals surface area contributed by atoms with Crippen molar-refractivity contribution in [2.75, 3.05) is 33.4 Å². The van der Waals surface area contributed by atoms with Crippen LogP contribution in [0.1, 0.15) is 37.7 Å². The minimum absolute atomic E-state index is 0.105. The van der Waals surface area contributed by atoms with Gasteiger partial charge in [0, 0.05) is 63.0 Å². The highest BCUT2D eigenvalue weighted by atomic mass is 16.5. The number of β-lactam (4-membered cyclic amide) rings is 1. The summed E-state index contributed by atoms with van der Waals surface area (Å²) in [5.74, 6) is 0.308. The molecule has 2 aromatic rings. The highest BCUT2D eigenvalue weighted by molar-refractivity contribution is 5.91. The number of H-pyrrole nitrogens is 1. The number of carbonyl (C=O) groups excluding carboxylic acids is 2. The molecular formula is C24H31N3O4. The molecule has 1 atom stereocenters. The molecule has 1 aromatic carbocycles. The standard InChI is InChI=1S/C24H31N3O4/c1-30-22-23(29)27(24(22)10-14-31-15-11-24)18-8-12-26(13-9-18)21(28)7-6-17-16-25-20-5-3-2-4-19(17)20/h2-5,16,18,22,25H,6-15H2,1H3. The van der Waals surface area contributed by atoms with Gasteiger partial charge in [-0.1, -0.05) is 18.2 Å². The van der Waals surface area contributed by atoms with Gasteiger partial charge >= 0.3 is 0 Å². The third-order valence-corrected chi connectivity index (χ3v) is 7.49. The minimum Gasteiger partial charge on any atom is -0.381 e. The number of aromatic amines is 1. The lowest BCUT2D eigenvalue weighted by atomic mass is 9.72.